The van der Waals surface area contributed by atoms with Gasteiger partial charge in [-0.25, -0.2) is 4.79 Å². The third-order valence-corrected chi connectivity index (χ3v) is 2.91. The standard InChI is InChI=1S/C15H20ClNO4/c1-15(2,3)21-14(20)17-9-11(8-13(18)19)10-4-6-12(16)7-5-10/h4-7,11H,8-9H2,1-3H3,(H,17,20)(H,18,19)/t11-/m1/s1. The van der Waals surface area contributed by atoms with Crippen molar-refractivity contribution in [3.63, 3.8) is 0 Å². The molecule has 0 fully saturated rings. The number of hydrogen-bond donors (Lipinski definition) is 2. The van der Waals surface area contributed by atoms with Crippen LogP contribution in [0, 0.1) is 0 Å². The molecule has 1 rings (SSSR count). The van der Waals surface area contributed by atoms with Gasteiger partial charge >= 0.3 is 12.1 Å². The highest BCUT2D eigenvalue weighted by Gasteiger charge is 2.20. The minimum absolute atomic E-state index is 0.0859. The van der Waals surface area contributed by atoms with Crippen LogP contribution in [0.4, 0.5) is 4.79 Å². The van der Waals surface area contributed by atoms with E-state index in [1.807, 2.05) is 0 Å². The molecule has 0 saturated heterocycles. The van der Waals surface area contributed by atoms with Crippen molar-refractivity contribution in [1.29, 1.82) is 0 Å². The van der Waals surface area contributed by atoms with Crippen LogP contribution in [0.15, 0.2) is 24.3 Å². The van der Waals surface area contributed by atoms with Gasteiger partial charge in [0, 0.05) is 17.5 Å². The maximum absolute atomic E-state index is 11.6. The van der Waals surface area contributed by atoms with Crippen LogP contribution in [-0.4, -0.2) is 29.3 Å². The van der Waals surface area contributed by atoms with E-state index in [-0.39, 0.29) is 18.9 Å². The summed E-state index contributed by atoms with van der Waals surface area (Å²) < 4.78 is 5.13. The van der Waals surface area contributed by atoms with Crippen LogP contribution in [0.3, 0.4) is 0 Å². The van der Waals surface area contributed by atoms with Gasteiger partial charge in [0.2, 0.25) is 0 Å². The summed E-state index contributed by atoms with van der Waals surface area (Å²) in [6.07, 6.45) is -0.649. The first-order valence-corrected chi connectivity index (χ1v) is 6.99. The van der Waals surface area contributed by atoms with E-state index in [9.17, 15) is 9.59 Å². The molecule has 0 aliphatic rings. The van der Waals surface area contributed by atoms with Gasteiger partial charge in [0.25, 0.3) is 0 Å². The molecule has 0 bridgehead atoms. The number of alkyl carbamates (subject to hydrolysis) is 1. The number of ether oxygens (including phenoxy) is 1. The molecular formula is C15H20ClNO4. The molecule has 0 spiro atoms. The van der Waals surface area contributed by atoms with Crippen LogP contribution in [0.5, 0.6) is 0 Å². The summed E-state index contributed by atoms with van der Waals surface area (Å²) in [7, 11) is 0. The fraction of sp³-hybridized carbons (Fsp3) is 0.467. The van der Waals surface area contributed by atoms with Gasteiger partial charge in [-0.2, -0.15) is 0 Å². The molecule has 6 heteroatoms. The first kappa shape index (κ1) is 17.3. The Morgan fingerprint density at radius 1 is 1.29 bits per heavy atom. The highest BCUT2D eigenvalue weighted by atomic mass is 35.5. The Balaban J connectivity index is 2.69. The van der Waals surface area contributed by atoms with E-state index in [0.29, 0.717) is 5.02 Å². The fourth-order valence-corrected chi connectivity index (χ4v) is 1.90. The first-order chi connectivity index (χ1) is 9.67. The molecule has 0 saturated carbocycles. The SMILES string of the molecule is CC(C)(C)OC(=O)NC[C@@H](CC(=O)O)c1ccc(Cl)cc1. The number of rotatable bonds is 5. The lowest BCUT2D eigenvalue weighted by Crippen LogP contribution is -2.35. The van der Waals surface area contributed by atoms with Crippen molar-refractivity contribution in [2.75, 3.05) is 6.54 Å². The smallest absolute Gasteiger partial charge is 0.407 e. The second-order valence-corrected chi connectivity index (χ2v) is 6.17. The Labute approximate surface area is 129 Å². The lowest BCUT2D eigenvalue weighted by atomic mass is 9.96. The number of carboxylic acid groups (broad SMARTS) is 1. The van der Waals surface area contributed by atoms with Crippen LogP contribution in [0.1, 0.15) is 38.7 Å². The summed E-state index contributed by atoms with van der Waals surface area (Å²) in [6, 6.07) is 6.90. The van der Waals surface area contributed by atoms with Crippen LogP contribution < -0.4 is 5.32 Å². The molecule has 0 radical (unpaired) electrons. The predicted molar refractivity (Wildman–Crippen MR) is 80.7 cm³/mol. The summed E-state index contributed by atoms with van der Waals surface area (Å²) in [5, 5.41) is 12.2. The Morgan fingerprint density at radius 2 is 1.86 bits per heavy atom. The summed E-state index contributed by atoms with van der Waals surface area (Å²) >= 11 is 5.82. The van der Waals surface area contributed by atoms with Gasteiger partial charge in [-0.3, -0.25) is 4.79 Å². The molecule has 5 nitrogen and oxygen atoms in total. The second-order valence-electron chi connectivity index (χ2n) is 5.73. The van der Waals surface area contributed by atoms with E-state index in [1.54, 1.807) is 45.0 Å². The van der Waals surface area contributed by atoms with E-state index in [4.69, 9.17) is 21.4 Å². The van der Waals surface area contributed by atoms with E-state index >= 15 is 0 Å². The van der Waals surface area contributed by atoms with Gasteiger partial charge in [0.1, 0.15) is 5.60 Å². The van der Waals surface area contributed by atoms with Gasteiger partial charge in [-0.15, -0.1) is 0 Å². The highest BCUT2D eigenvalue weighted by Crippen LogP contribution is 2.21. The molecule has 2 N–H and O–H groups in total. The molecule has 1 aromatic rings. The van der Waals surface area contributed by atoms with Gasteiger partial charge in [-0.05, 0) is 38.5 Å². The maximum atomic E-state index is 11.6. The average molecular weight is 314 g/mol. The van der Waals surface area contributed by atoms with Crippen LogP contribution >= 0.6 is 11.6 Å². The van der Waals surface area contributed by atoms with Gasteiger partial charge in [-0.1, -0.05) is 23.7 Å². The van der Waals surface area contributed by atoms with E-state index in [0.717, 1.165) is 5.56 Å². The minimum atomic E-state index is -0.930. The number of carbonyl (C=O) groups excluding carboxylic acids is 1. The normalized spacial score (nSPS) is 12.6. The molecule has 0 aliphatic heterocycles. The van der Waals surface area contributed by atoms with Crippen molar-refractivity contribution in [2.24, 2.45) is 0 Å². The monoisotopic (exact) mass is 313 g/mol. The van der Waals surface area contributed by atoms with Gasteiger partial charge in [0.05, 0.1) is 6.42 Å². The lowest BCUT2D eigenvalue weighted by Gasteiger charge is -2.21. The van der Waals surface area contributed by atoms with Crippen molar-refractivity contribution < 1.29 is 19.4 Å². The maximum Gasteiger partial charge on any atom is 0.407 e. The zero-order valence-electron chi connectivity index (χ0n) is 12.4. The first-order valence-electron chi connectivity index (χ1n) is 6.61. The second kappa shape index (κ2) is 7.31. The van der Waals surface area contributed by atoms with Crippen molar-refractivity contribution in [3.05, 3.63) is 34.9 Å². The van der Waals surface area contributed by atoms with Gasteiger partial charge < -0.3 is 15.2 Å². The third-order valence-electron chi connectivity index (χ3n) is 2.65. The number of aliphatic carboxylic acids is 1. The largest absolute Gasteiger partial charge is 0.481 e. The Kier molecular flexibility index (Phi) is 6.03. The molecule has 0 unspecified atom stereocenters. The quantitative estimate of drug-likeness (QED) is 0.873. The van der Waals surface area contributed by atoms with Crippen LogP contribution in [0.25, 0.3) is 0 Å². The number of halogens is 1. The number of benzene rings is 1. The number of carboxylic acids is 1. The molecule has 1 aromatic carbocycles. The Morgan fingerprint density at radius 3 is 2.33 bits per heavy atom. The Bertz CT molecular complexity index is 493. The van der Waals surface area contributed by atoms with E-state index < -0.39 is 17.7 Å². The summed E-state index contributed by atoms with van der Waals surface area (Å²) in [5.41, 5.74) is 0.213. The number of carbonyl (C=O) groups is 2. The summed E-state index contributed by atoms with van der Waals surface area (Å²) in [5.74, 6) is -1.27. The van der Waals surface area contributed by atoms with Crippen LogP contribution in [-0.2, 0) is 9.53 Å². The molecule has 21 heavy (non-hydrogen) atoms. The zero-order chi connectivity index (χ0) is 16.0. The topological polar surface area (TPSA) is 75.6 Å². The number of hydrogen-bond acceptors (Lipinski definition) is 3. The molecule has 0 aliphatic carbocycles. The summed E-state index contributed by atoms with van der Waals surface area (Å²) in [6.45, 7) is 5.48. The predicted octanol–water partition coefficient (Wildman–Crippen LogP) is 3.42. The van der Waals surface area contributed by atoms with Crippen molar-refractivity contribution in [1.82, 2.24) is 5.32 Å². The molecule has 116 valence electrons. The minimum Gasteiger partial charge on any atom is -0.481 e. The van der Waals surface area contributed by atoms with E-state index in [2.05, 4.69) is 5.32 Å². The Hall–Kier alpha value is -1.75. The molecule has 1 atom stereocenters. The zero-order valence-corrected chi connectivity index (χ0v) is 13.1. The molecule has 0 heterocycles. The molecule has 0 aromatic heterocycles. The molecule has 1 amide bonds. The number of nitrogens with one attached hydrogen (secondary N) is 1. The fourth-order valence-electron chi connectivity index (χ4n) is 1.77. The van der Waals surface area contributed by atoms with Crippen molar-refractivity contribution >= 4 is 23.7 Å². The van der Waals surface area contributed by atoms with Crippen molar-refractivity contribution in [3.8, 4) is 0 Å². The highest BCUT2D eigenvalue weighted by molar-refractivity contribution is 6.30. The van der Waals surface area contributed by atoms with Gasteiger partial charge in [0.15, 0.2) is 0 Å². The molecular weight excluding hydrogens is 294 g/mol. The third kappa shape index (κ3) is 6.99. The average Bonchev–Trinajstić information content (AvgIpc) is 2.33. The number of amides is 1. The van der Waals surface area contributed by atoms with Crippen LogP contribution in [0.2, 0.25) is 5.02 Å². The summed E-state index contributed by atoms with van der Waals surface area (Å²) in [4.78, 5) is 22.6. The van der Waals surface area contributed by atoms with Crippen molar-refractivity contribution in [2.45, 2.75) is 38.7 Å². The van der Waals surface area contributed by atoms with E-state index in [1.165, 1.54) is 0 Å². The lowest BCUT2D eigenvalue weighted by molar-refractivity contribution is -0.137.